The van der Waals surface area contributed by atoms with Gasteiger partial charge in [0.25, 0.3) is 0 Å². The standard InChI is InChI=1S/C20H25N3O2/c24-19-9-10-23(18-8-4-3-7-17(18)19)15-20(25)22-13-11-21(12-14-22)16-5-1-2-6-16/h3-4,7-10,16H,1-2,5-6,11-15H2. The zero-order chi connectivity index (χ0) is 17.2. The van der Waals surface area contributed by atoms with Gasteiger partial charge < -0.3 is 9.47 Å². The summed E-state index contributed by atoms with van der Waals surface area (Å²) >= 11 is 0. The van der Waals surface area contributed by atoms with Gasteiger partial charge in [0.05, 0.1) is 5.52 Å². The summed E-state index contributed by atoms with van der Waals surface area (Å²) in [5, 5.41) is 0.670. The number of carbonyl (C=O) groups is 1. The number of pyridine rings is 1. The van der Waals surface area contributed by atoms with Crippen molar-refractivity contribution in [3.63, 3.8) is 0 Å². The van der Waals surface area contributed by atoms with Crippen molar-refractivity contribution in [2.24, 2.45) is 0 Å². The number of fused-ring (bicyclic) bond motifs is 1. The minimum Gasteiger partial charge on any atom is -0.339 e. The molecule has 0 atom stereocenters. The maximum absolute atomic E-state index is 12.7. The largest absolute Gasteiger partial charge is 0.339 e. The van der Waals surface area contributed by atoms with Crippen molar-refractivity contribution >= 4 is 16.8 Å². The number of rotatable bonds is 3. The van der Waals surface area contributed by atoms with Crippen LogP contribution >= 0.6 is 0 Å². The number of benzene rings is 1. The lowest BCUT2D eigenvalue weighted by atomic mass is 10.2. The molecule has 1 saturated carbocycles. The molecule has 2 heterocycles. The molecule has 4 rings (SSSR count). The van der Waals surface area contributed by atoms with Crippen LogP contribution in [0.2, 0.25) is 0 Å². The summed E-state index contributed by atoms with van der Waals surface area (Å²) in [5.41, 5.74) is 0.831. The third-order valence-electron chi connectivity index (χ3n) is 5.70. The molecule has 5 heteroatoms. The topological polar surface area (TPSA) is 45.6 Å². The van der Waals surface area contributed by atoms with Gasteiger partial charge in [-0.05, 0) is 25.0 Å². The number of nitrogens with zero attached hydrogens (tertiary/aromatic N) is 3. The van der Waals surface area contributed by atoms with Crippen molar-refractivity contribution in [1.29, 1.82) is 0 Å². The third-order valence-corrected chi connectivity index (χ3v) is 5.70. The van der Waals surface area contributed by atoms with E-state index in [2.05, 4.69) is 4.90 Å². The van der Waals surface area contributed by atoms with Gasteiger partial charge >= 0.3 is 0 Å². The fourth-order valence-corrected chi connectivity index (χ4v) is 4.25. The Labute approximate surface area is 147 Å². The van der Waals surface area contributed by atoms with Crippen LogP contribution in [0.1, 0.15) is 25.7 Å². The normalized spacial score (nSPS) is 19.6. The highest BCUT2D eigenvalue weighted by Gasteiger charge is 2.27. The number of hydrogen-bond donors (Lipinski definition) is 0. The number of aromatic nitrogens is 1. The van der Waals surface area contributed by atoms with Crippen LogP contribution in [0.5, 0.6) is 0 Å². The zero-order valence-electron chi connectivity index (χ0n) is 14.6. The number of piperazine rings is 1. The SMILES string of the molecule is O=C(Cn1ccc(=O)c2ccccc21)N1CCN(C2CCCC2)CC1. The van der Waals surface area contributed by atoms with Gasteiger partial charge in [-0.15, -0.1) is 0 Å². The highest BCUT2D eigenvalue weighted by molar-refractivity contribution is 5.82. The quantitative estimate of drug-likeness (QED) is 0.860. The molecule has 1 aromatic carbocycles. The van der Waals surface area contributed by atoms with Crippen LogP contribution < -0.4 is 5.43 Å². The zero-order valence-corrected chi connectivity index (χ0v) is 14.6. The van der Waals surface area contributed by atoms with E-state index < -0.39 is 0 Å². The molecule has 1 amide bonds. The van der Waals surface area contributed by atoms with E-state index in [-0.39, 0.29) is 11.3 Å². The number of amides is 1. The Morgan fingerprint density at radius 3 is 2.48 bits per heavy atom. The molecule has 1 saturated heterocycles. The Balaban J connectivity index is 1.43. The Kier molecular flexibility index (Phi) is 4.57. The molecule has 2 aromatic rings. The molecule has 1 aliphatic carbocycles. The van der Waals surface area contributed by atoms with E-state index in [0.29, 0.717) is 11.9 Å². The van der Waals surface area contributed by atoms with E-state index in [1.807, 2.05) is 33.7 Å². The molecule has 132 valence electrons. The molecule has 1 aromatic heterocycles. The number of hydrogen-bond acceptors (Lipinski definition) is 3. The molecule has 0 N–H and O–H groups in total. The van der Waals surface area contributed by atoms with Crippen molar-refractivity contribution < 1.29 is 4.79 Å². The van der Waals surface area contributed by atoms with Crippen molar-refractivity contribution in [3.8, 4) is 0 Å². The highest BCUT2D eigenvalue weighted by atomic mass is 16.2. The van der Waals surface area contributed by atoms with E-state index in [1.54, 1.807) is 12.3 Å². The van der Waals surface area contributed by atoms with Gasteiger partial charge in [0.15, 0.2) is 5.43 Å². The molecule has 0 unspecified atom stereocenters. The van der Waals surface area contributed by atoms with E-state index >= 15 is 0 Å². The predicted molar refractivity (Wildman–Crippen MR) is 98.6 cm³/mol. The summed E-state index contributed by atoms with van der Waals surface area (Å²) in [5.74, 6) is 0.139. The van der Waals surface area contributed by atoms with Crippen molar-refractivity contribution in [2.75, 3.05) is 26.2 Å². The predicted octanol–water partition coefficient (Wildman–Crippen LogP) is 2.09. The van der Waals surface area contributed by atoms with Crippen LogP contribution in [0.15, 0.2) is 41.3 Å². The first-order chi connectivity index (χ1) is 12.2. The van der Waals surface area contributed by atoms with Gasteiger partial charge in [0, 0.05) is 49.9 Å². The summed E-state index contributed by atoms with van der Waals surface area (Å²) in [7, 11) is 0. The fraction of sp³-hybridized carbons (Fsp3) is 0.500. The first-order valence-electron chi connectivity index (χ1n) is 9.32. The van der Waals surface area contributed by atoms with E-state index in [1.165, 1.54) is 25.7 Å². The fourth-order valence-electron chi connectivity index (χ4n) is 4.25. The monoisotopic (exact) mass is 339 g/mol. The first-order valence-corrected chi connectivity index (χ1v) is 9.32. The highest BCUT2D eigenvalue weighted by Crippen LogP contribution is 2.24. The smallest absolute Gasteiger partial charge is 0.242 e. The van der Waals surface area contributed by atoms with Crippen LogP contribution in [0, 0.1) is 0 Å². The summed E-state index contributed by atoms with van der Waals surface area (Å²) in [6, 6.07) is 9.77. The summed E-state index contributed by atoms with van der Waals surface area (Å²) in [6.45, 7) is 3.90. The van der Waals surface area contributed by atoms with Crippen molar-refractivity contribution in [1.82, 2.24) is 14.4 Å². The second kappa shape index (κ2) is 7.00. The van der Waals surface area contributed by atoms with Gasteiger partial charge in [-0.2, -0.15) is 0 Å². The summed E-state index contributed by atoms with van der Waals surface area (Å²) in [4.78, 5) is 29.2. The molecule has 0 spiro atoms. The van der Waals surface area contributed by atoms with E-state index in [0.717, 1.165) is 37.7 Å². The second-order valence-corrected chi connectivity index (χ2v) is 7.18. The molecule has 0 bridgehead atoms. The maximum Gasteiger partial charge on any atom is 0.242 e. The van der Waals surface area contributed by atoms with E-state index in [9.17, 15) is 9.59 Å². The van der Waals surface area contributed by atoms with Crippen LogP contribution in [0.25, 0.3) is 10.9 Å². The van der Waals surface area contributed by atoms with Crippen LogP contribution in [-0.4, -0.2) is 52.5 Å². The van der Waals surface area contributed by atoms with Gasteiger partial charge in [-0.1, -0.05) is 25.0 Å². The van der Waals surface area contributed by atoms with Gasteiger partial charge in [-0.25, -0.2) is 0 Å². The van der Waals surface area contributed by atoms with E-state index in [4.69, 9.17) is 0 Å². The van der Waals surface area contributed by atoms with Crippen molar-refractivity contribution in [2.45, 2.75) is 38.3 Å². The molecular weight excluding hydrogens is 314 g/mol. The Morgan fingerprint density at radius 1 is 1.00 bits per heavy atom. The second-order valence-electron chi connectivity index (χ2n) is 7.18. The lowest BCUT2D eigenvalue weighted by molar-refractivity contribution is -0.133. The lowest BCUT2D eigenvalue weighted by Crippen LogP contribution is -2.52. The van der Waals surface area contributed by atoms with Crippen LogP contribution in [0.3, 0.4) is 0 Å². The van der Waals surface area contributed by atoms with Gasteiger partial charge in [0.1, 0.15) is 6.54 Å². The Hall–Kier alpha value is -2.14. The minimum atomic E-state index is 0.00415. The average molecular weight is 339 g/mol. The van der Waals surface area contributed by atoms with Crippen molar-refractivity contribution in [3.05, 3.63) is 46.8 Å². The molecule has 0 radical (unpaired) electrons. The molecule has 5 nitrogen and oxygen atoms in total. The molecule has 2 fully saturated rings. The molecular formula is C20H25N3O2. The van der Waals surface area contributed by atoms with Gasteiger partial charge in [0.2, 0.25) is 5.91 Å². The number of carbonyl (C=O) groups excluding carboxylic acids is 1. The third kappa shape index (κ3) is 3.33. The summed E-state index contributed by atoms with van der Waals surface area (Å²) < 4.78 is 1.89. The first kappa shape index (κ1) is 16.3. The minimum absolute atomic E-state index is 0.00415. The lowest BCUT2D eigenvalue weighted by Gasteiger charge is -2.38. The molecule has 1 aliphatic heterocycles. The van der Waals surface area contributed by atoms with Crippen LogP contribution in [0.4, 0.5) is 0 Å². The maximum atomic E-state index is 12.7. The Bertz CT molecular complexity index is 815. The van der Waals surface area contributed by atoms with Crippen LogP contribution in [-0.2, 0) is 11.3 Å². The molecule has 25 heavy (non-hydrogen) atoms. The average Bonchev–Trinajstić information content (AvgIpc) is 3.19. The van der Waals surface area contributed by atoms with Gasteiger partial charge in [-0.3, -0.25) is 14.5 Å². The Morgan fingerprint density at radius 2 is 1.72 bits per heavy atom. The summed E-state index contributed by atoms with van der Waals surface area (Å²) in [6.07, 6.45) is 7.07. The molecule has 2 aliphatic rings. The number of para-hydroxylation sites is 1.